The second-order valence-electron chi connectivity index (χ2n) is 11.7. The molecule has 7 heteroatoms. The van der Waals surface area contributed by atoms with Crippen molar-refractivity contribution in [3.8, 4) is 0 Å². The first-order valence-corrected chi connectivity index (χ1v) is 22.6. The summed E-state index contributed by atoms with van der Waals surface area (Å²) in [7, 11) is 0. The van der Waals surface area contributed by atoms with Crippen molar-refractivity contribution in [3.63, 3.8) is 0 Å². The number of imide groups is 1. The van der Waals surface area contributed by atoms with Gasteiger partial charge in [0, 0.05) is 0 Å². The number of hydrogen-bond donors (Lipinski definition) is 0. The van der Waals surface area contributed by atoms with E-state index in [2.05, 4.69) is 20.8 Å². The summed E-state index contributed by atoms with van der Waals surface area (Å²) >= 11 is -2.63. The molecule has 0 aromatic heterocycles. The van der Waals surface area contributed by atoms with Crippen molar-refractivity contribution in [1.29, 1.82) is 0 Å². The van der Waals surface area contributed by atoms with E-state index < -0.39 is 24.0 Å². The molecule has 208 valence electrons. The Morgan fingerprint density at radius 1 is 0.838 bits per heavy atom. The first-order chi connectivity index (χ1) is 17.6. The fraction of sp³-hybridized carbons (Fsp3) is 0.700. The number of amides is 3. The van der Waals surface area contributed by atoms with Gasteiger partial charge in [0.2, 0.25) is 0 Å². The Labute approximate surface area is 229 Å². The molecule has 0 N–H and O–H groups in total. The SMILES string of the molecule is CCC[CH2][Sn]([CH2]CCC)([CH2]CCC)[CH2]N(CCCCN1C(=O)c2ccccc2C1=O)C(=O)OC(C)(C)C. The molecule has 0 unspecified atom stereocenters. The summed E-state index contributed by atoms with van der Waals surface area (Å²) in [6.07, 6.45) is 8.56. The van der Waals surface area contributed by atoms with E-state index in [9.17, 15) is 14.4 Å². The summed E-state index contributed by atoms with van der Waals surface area (Å²) in [5.41, 5.74) is 0.443. The molecule has 0 aliphatic carbocycles. The quantitative estimate of drug-likeness (QED) is 0.108. The molecule has 2 rings (SSSR count). The van der Waals surface area contributed by atoms with Gasteiger partial charge in [0.15, 0.2) is 0 Å². The van der Waals surface area contributed by atoms with Gasteiger partial charge in [0.05, 0.1) is 0 Å². The summed E-state index contributed by atoms with van der Waals surface area (Å²) in [5.74, 6) is -0.419. The van der Waals surface area contributed by atoms with Crippen molar-refractivity contribution in [2.45, 2.75) is 112 Å². The Balaban J connectivity index is 2.12. The van der Waals surface area contributed by atoms with Crippen LogP contribution < -0.4 is 0 Å². The molecule has 37 heavy (non-hydrogen) atoms. The van der Waals surface area contributed by atoms with Crippen LogP contribution in [0.25, 0.3) is 0 Å². The van der Waals surface area contributed by atoms with E-state index >= 15 is 0 Å². The number of fused-ring (bicyclic) bond motifs is 1. The van der Waals surface area contributed by atoms with Gasteiger partial charge in [-0.3, -0.25) is 0 Å². The van der Waals surface area contributed by atoms with Crippen LogP contribution in [0.5, 0.6) is 0 Å². The molecule has 0 fully saturated rings. The Morgan fingerprint density at radius 2 is 1.32 bits per heavy atom. The van der Waals surface area contributed by atoms with E-state index in [0.717, 1.165) is 11.0 Å². The van der Waals surface area contributed by atoms with Gasteiger partial charge in [0.1, 0.15) is 0 Å². The zero-order chi connectivity index (χ0) is 27.5. The molecule has 0 radical (unpaired) electrons. The molecule has 0 atom stereocenters. The van der Waals surface area contributed by atoms with Gasteiger partial charge in [-0.05, 0) is 0 Å². The minimum absolute atomic E-state index is 0.209. The third kappa shape index (κ3) is 9.59. The van der Waals surface area contributed by atoms with Crippen LogP contribution in [0.3, 0.4) is 0 Å². The van der Waals surface area contributed by atoms with Crippen LogP contribution in [0.4, 0.5) is 4.79 Å². The van der Waals surface area contributed by atoms with E-state index in [-0.39, 0.29) is 17.9 Å². The topological polar surface area (TPSA) is 66.9 Å². The molecule has 3 amide bonds. The molecule has 1 heterocycles. The van der Waals surface area contributed by atoms with E-state index in [4.69, 9.17) is 4.74 Å². The second-order valence-corrected chi connectivity index (χ2v) is 25.5. The predicted octanol–water partition coefficient (Wildman–Crippen LogP) is 7.69. The molecule has 0 bridgehead atoms. The van der Waals surface area contributed by atoms with Crippen molar-refractivity contribution in [3.05, 3.63) is 35.4 Å². The average Bonchev–Trinajstić information content (AvgIpc) is 3.10. The zero-order valence-corrected chi connectivity index (χ0v) is 27.1. The number of benzene rings is 1. The number of nitrogens with zero attached hydrogens (tertiary/aromatic N) is 2. The van der Waals surface area contributed by atoms with E-state index in [1.54, 1.807) is 24.3 Å². The van der Waals surface area contributed by atoms with E-state index in [1.807, 2.05) is 25.7 Å². The van der Waals surface area contributed by atoms with Gasteiger partial charge >= 0.3 is 230 Å². The maximum atomic E-state index is 13.4. The zero-order valence-electron chi connectivity index (χ0n) is 24.2. The molecule has 0 spiro atoms. The Kier molecular flexibility index (Phi) is 12.9. The summed E-state index contributed by atoms with van der Waals surface area (Å²) in [6.45, 7) is 13.6. The summed E-state index contributed by atoms with van der Waals surface area (Å²) in [5, 5.41) is 0. The Morgan fingerprint density at radius 3 is 1.76 bits per heavy atom. The number of carbonyl (C=O) groups excluding carboxylic acids is 3. The van der Waals surface area contributed by atoms with E-state index in [0.29, 0.717) is 30.6 Å². The molecule has 1 aromatic carbocycles. The second kappa shape index (κ2) is 15.1. The molecule has 1 aliphatic heterocycles. The predicted molar refractivity (Wildman–Crippen MR) is 154 cm³/mol. The number of rotatable bonds is 16. The van der Waals surface area contributed by atoms with Crippen molar-refractivity contribution in [2.24, 2.45) is 0 Å². The van der Waals surface area contributed by atoms with Gasteiger partial charge in [-0.1, -0.05) is 0 Å². The van der Waals surface area contributed by atoms with Crippen molar-refractivity contribution in [2.75, 3.05) is 17.7 Å². The number of unbranched alkanes of at least 4 members (excludes halogenated alkanes) is 4. The fourth-order valence-corrected chi connectivity index (χ4v) is 21.3. The molecule has 1 aliphatic rings. The maximum absolute atomic E-state index is 13.4. The summed E-state index contributed by atoms with van der Waals surface area (Å²) in [4.78, 5) is 42.2. The van der Waals surface area contributed by atoms with Crippen LogP contribution in [-0.2, 0) is 4.74 Å². The summed E-state index contributed by atoms with van der Waals surface area (Å²) in [6, 6.07) is 7.02. The van der Waals surface area contributed by atoms with Crippen LogP contribution in [0.15, 0.2) is 24.3 Å². The summed E-state index contributed by atoms with van der Waals surface area (Å²) < 4.78 is 10.8. The van der Waals surface area contributed by atoms with Gasteiger partial charge < -0.3 is 0 Å². The molecular weight excluding hydrogens is 571 g/mol. The number of hydrogen-bond acceptors (Lipinski definition) is 4. The number of carbonyl (C=O) groups is 3. The van der Waals surface area contributed by atoms with Crippen LogP contribution in [-0.4, -0.2) is 69.3 Å². The van der Waals surface area contributed by atoms with Gasteiger partial charge in [-0.15, -0.1) is 0 Å². The third-order valence-corrected chi connectivity index (χ3v) is 22.4. The Bertz CT molecular complexity index is 839. The molecule has 1 aromatic rings. The fourth-order valence-electron chi connectivity index (χ4n) is 5.25. The Hall–Kier alpha value is -1.57. The van der Waals surface area contributed by atoms with Crippen LogP contribution in [0.2, 0.25) is 13.3 Å². The van der Waals surface area contributed by atoms with Crippen LogP contribution in [0.1, 0.15) is 114 Å². The van der Waals surface area contributed by atoms with E-state index in [1.165, 1.54) is 56.7 Å². The third-order valence-electron chi connectivity index (χ3n) is 7.30. The van der Waals surface area contributed by atoms with Crippen LogP contribution >= 0.6 is 0 Å². The molecule has 0 saturated carbocycles. The number of ether oxygens (including phenoxy) is 1. The minimum atomic E-state index is -2.63. The first kappa shape index (κ1) is 31.6. The first-order valence-electron chi connectivity index (χ1n) is 14.5. The molecule has 6 nitrogen and oxygen atoms in total. The normalized spacial score (nSPS) is 13.7. The van der Waals surface area contributed by atoms with Crippen molar-refractivity contribution in [1.82, 2.24) is 9.80 Å². The van der Waals surface area contributed by atoms with Crippen molar-refractivity contribution < 1.29 is 19.1 Å². The van der Waals surface area contributed by atoms with Gasteiger partial charge in [-0.2, -0.15) is 0 Å². The monoisotopic (exact) mass is 622 g/mol. The van der Waals surface area contributed by atoms with Crippen molar-refractivity contribution >= 4 is 36.3 Å². The molecule has 0 saturated heterocycles. The average molecular weight is 621 g/mol. The standard InChI is InChI=1S/C18H23N2O4.3C4H9.Sn/c1-18(2,3)24-17(23)19(4)11-7-8-12-20-15(21)13-9-5-6-10-14(13)16(20)22;3*1-3-4-2;/h5-6,9-10H,4,7-8,11-12H2,1-3H3;3*1,3-4H2,2H3;. The van der Waals surface area contributed by atoms with Gasteiger partial charge in [0.25, 0.3) is 0 Å². The van der Waals surface area contributed by atoms with Crippen LogP contribution in [0, 0.1) is 0 Å². The van der Waals surface area contributed by atoms with Gasteiger partial charge in [-0.25, -0.2) is 0 Å². The molecular formula is C30H50N2O4Sn.